The van der Waals surface area contributed by atoms with Crippen LogP contribution in [0.2, 0.25) is 0 Å². The Kier molecular flexibility index (Phi) is 6.05. The van der Waals surface area contributed by atoms with Crippen LogP contribution < -0.4 is 20.5 Å². The Morgan fingerprint density at radius 1 is 1.07 bits per heavy atom. The summed E-state index contributed by atoms with van der Waals surface area (Å²) in [6.07, 6.45) is -3.43. The van der Waals surface area contributed by atoms with E-state index in [0.29, 0.717) is 5.56 Å². The second-order valence-corrected chi connectivity index (χ2v) is 6.00. The van der Waals surface area contributed by atoms with E-state index in [-0.39, 0.29) is 23.7 Å². The molecule has 0 saturated carbocycles. The number of ether oxygens (including phenoxy) is 2. The number of amides is 1. The van der Waals surface area contributed by atoms with Crippen molar-refractivity contribution in [2.75, 3.05) is 5.73 Å². The monoisotopic (exact) mass is 421 g/mol. The molecule has 2 aromatic carbocycles. The van der Waals surface area contributed by atoms with Crippen LogP contribution in [0.5, 0.6) is 17.2 Å². The van der Waals surface area contributed by atoms with Gasteiger partial charge in [-0.1, -0.05) is 12.1 Å². The molecule has 0 atom stereocenters. The van der Waals surface area contributed by atoms with Gasteiger partial charge in [0.1, 0.15) is 17.3 Å². The van der Waals surface area contributed by atoms with Gasteiger partial charge in [-0.05, 0) is 42.0 Å². The fourth-order valence-electron chi connectivity index (χ4n) is 2.45. The predicted octanol–water partition coefficient (Wildman–Crippen LogP) is 4.42. The molecule has 0 aliphatic heterocycles. The molecule has 30 heavy (non-hydrogen) atoms. The number of hydrogen-bond acceptors (Lipinski definition) is 5. The highest BCUT2D eigenvalue weighted by atomic mass is 19.4. The van der Waals surface area contributed by atoms with Gasteiger partial charge in [0.2, 0.25) is 0 Å². The first-order chi connectivity index (χ1) is 14.2. The van der Waals surface area contributed by atoms with Crippen LogP contribution in [0.15, 0.2) is 60.8 Å². The minimum Gasteiger partial charge on any atom is -0.454 e. The number of nitrogens with two attached hydrogens (primary N) is 1. The van der Waals surface area contributed by atoms with Crippen LogP contribution in [0.25, 0.3) is 0 Å². The zero-order chi connectivity index (χ0) is 21.7. The van der Waals surface area contributed by atoms with E-state index in [1.807, 2.05) is 0 Å². The maximum atomic E-state index is 13.8. The van der Waals surface area contributed by atoms with Gasteiger partial charge in [-0.2, -0.15) is 0 Å². The lowest BCUT2D eigenvalue weighted by Gasteiger charge is -2.12. The first-order valence-corrected chi connectivity index (χ1v) is 8.52. The van der Waals surface area contributed by atoms with Crippen LogP contribution in [0.4, 0.5) is 23.4 Å². The number of nitrogens with one attached hydrogen (secondary N) is 1. The molecule has 1 heterocycles. The van der Waals surface area contributed by atoms with Crippen molar-refractivity contribution >= 4 is 11.7 Å². The van der Waals surface area contributed by atoms with Crippen molar-refractivity contribution in [3.63, 3.8) is 0 Å². The van der Waals surface area contributed by atoms with Gasteiger partial charge in [-0.15, -0.1) is 13.2 Å². The number of aromatic nitrogens is 1. The Morgan fingerprint density at radius 3 is 2.43 bits per heavy atom. The third kappa shape index (κ3) is 5.60. The standard InChI is InChI=1S/C20H15F4N3O3/c21-16-8-7-14(30-20(22,23)24)10-17(16)29-13-5-3-12(4-6-13)11-27-19(28)15-2-1-9-26-18(15)25/h1-10H,11H2,(H2,25,26)(H,27,28). The number of anilines is 1. The Hall–Kier alpha value is -3.82. The van der Waals surface area contributed by atoms with E-state index in [9.17, 15) is 22.4 Å². The zero-order valence-corrected chi connectivity index (χ0v) is 15.2. The molecular weight excluding hydrogens is 406 g/mol. The molecule has 0 unspecified atom stereocenters. The van der Waals surface area contributed by atoms with Crippen molar-refractivity contribution in [1.82, 2.24) is 10.3 Å². The van der Waals surface area contributed by atoms with Crippen LogP contribution in [0.3, 0.4) is 0 Å². The summed E-state index contributed by atoms with van der Waals surface area (Å²) < 4.78 is 59.8. The second kappa shape index (κ2) is 8.68. The Bertz CT molecular complexity index is 1040. The lowest BCUT2D eigenvalue weighted by Crippen LogP contribution is -2.24. The van der Waals surface area contributed by atoms with Crippen LogP contribution in [0, 0.1) is 5.82 Å². The molecule has 156 valence electrons. The van der Waals surface area contributed by atoms with Gasteiger partial charge in [0, 0.05) is 18.8 Å². The Labute approximate surface area is 168 Å². The van der Waals surface area contributed by atoms with Crippen LogP contribution in [-0.4, -0.2) is 17.3 Å². The Morgan fingerprint density at radius 2 is 1.77 bits per heavy atom. The number of hydrogen-bond donors (Lipinski definition) is 2. The third-order valence-corrected chi connectivity index (χ3v) is 3.82. The zero-order valence-electron chi connectivity index (χ0n) is 15.2. The number of carbonyl (C=O) groups excluding carboxylic acids is 1. The minimum atomic E-state index is -4.90. The summed E-state index contributed by atoms with van der Waals surface area (Å²) in [6, 6.07) is 11.8. The quantitative estimate of drug-likeness (QED) is 0.576. The number of nitrogens with zero attached hydrogens (tertiary/aromatic N) is 1. The maximum Gasteiger partial charge on any atom is 0.573 e. The highest BCUT2D eigenvalue weighted by molar-refractivity contribution is 5.98. The molecule has 0 bridgehead atoms. The lowest BCUT2D eigenvalue weighted by atomic mass is 10.2. The molecule has 6 nitrogen and oxygen atoms in total. The van der Waals surface area contributed by atoms with Crippen LogP contribution in [0.1, 0.15) is 15.9 Å². The van der Waals surface area contributed by atoms with E-state index in [0.717, 1.165) is 18.2 Å². The predicted molar refractivity (Wildman–Crippen MR) is 99.4 cm³/mol. The maximum absolute atomic E-state index is 13.8. The number of halogens is 4. The normalized spacial score (nSPS) is 11.1. The summed E-state index contributed by atoms with van der Waals surface area (Å²) in [4.78, 5) is 16.0. The topological polar surface area (TPSA) is 86.5 Å². The molecule has 0 radical (unpaired) electrons. The summed E-state index contributed by atoms with van der Waals surface area (Å²) in [7, 11) is 0. The number of carbonyl (C=O) groups is 1. The third-order valence-electron chi connectivity index (χ3n) is 3.82. The molecule has 0 aliphatic rings. The van der Waals surface area contributed by atoms with Crippen LogP contribution >= 0.6 is 0 Å². The summed E-state index contributed by atoms with van der Waals surface area (Å²) in [6.45, 7) is 0.177. The van der Waals surface area contributed by atoms with Crippen molar-refractivity contribution < 1.29 is 31.8 Å². The van der Waals surface area contributed by atoms with Gasteiger partial charge in [-0.3, -0.25) is 4.79 Å². The van der Waals surface area contributed by atoms with Crippen molar-refractivity contribution in [2.24, 2.45) is 0 Å². The summed E-state index contributed by atoms with van der Waals surface area (Å²) >= 11 is 0. The van der Waals surface area contributed by atoms with Gasteiger partial charge >= 0.3 is 6.36 Å². The molecule has 10 heteroatoms. The molecule has 0 spiro atoms. The van der Waals surface area contributed by atoms with Crippen molar-refractivity contribution in [2.45, 2.75) is 12.9 Å². The van der Waals surface area contributed by atoms with Gasteiger partial charge in [0.25, 0.3) is 5.91 Å². The fourth-order valence-corrected chi connectivity index (χ4v) is 2.45. The van der Waals surface area contributed by atoms with E-state index < -0.39 is 29.6 Å². The molecular formula is C20H15F4N3O3. The minimum absolute atomic E-state index is 0.109. The number of benzene rings is 2. The van der Waals surface area contributed by atoms with Crippen molar-refractivity contribution in [1.29, 1.82) is 0 Å². The highest BCUT2D eigenvalue weighted by Gasteiger charge is 2.31. The SMILES string of the molecule is Nc1ncccc1C(=O)NCc1ccc(Oc2cc(OC(F)(F)F)ccc2F)cc1. The average molecular weight is 421 g/mol. The summed E-state index contributed by atoms with van der Waals surface area (Å²) in [5.74, 6) is -1.99. The summed E-state index contributed by atoms with van der Waals surface area (Å²) in [5.41, 5.74) is 6.60. The highest BCUT2D eigenvalue weighted by Crippen LogP contribution is 2.31. The van der Waals surface area contributed by atoms with Gasteiger partial charge in [0.15, 0.2) is 11.6 Å². The molecule has 1 amide bonds. The van der Waals surface area contributed by atoms with E-state index in [1.165, 1.54) is 18.3 Å². The van der Waals surface area contributed by atoms with E-state index >= 15 is 0 Å². The number of pyridine rings is 1. The van der Waals surface area contributed by atoms with E-state index in [4.69, 9.17) is 10.5 Å². The van der Waals surface area contributed by atoms with Gasteiger partial charge in [-0.25, -0.2) is 9.37 Å². The number of nitrogen functional groups attached to an aromatic ring is 1. The van der Waals surface area contributed by atoms with Crippen LogP contribution in [-0.2, 0) is 6.54 Å². The number of alkyl halides is 3. The molecule has 1 aromatic heterocycles. The first kappa shape index (κ1) is 20.9. The molecule has 3 N–H and O–H groups in total. The molecule has 3 aromatic rings. The number of rotatable bonds is 6. The molecule has 0 fully saturated rings. The van der Waals surface area contributed by atoms with Crippen molar-refractivity contribution in [3.8, 4) is 17.2 Å². The van der Waals surface area contributed by atoms with Gasteiger partial charge < -0.3 is 20.5 Å². The lowest BCUT2D eigenvalue weighted by molar-refractivity contribution is -0.274. The summed E-state index contributed by atoms with van der Waals surface area (Å²) in [5, 5.41) is 2.68. The molecule has 0 saturated heterocycles. The largest absolute Gasteiger partial charge is 0.573 e. The molecule has 0 aliphatic carbocycles. The smallest absolute Gasteiger partial charge is 0.454 e. The van der Waals surface area contributed by atoms with E-state index in [1.54, 1.807) is 24.3 Å². The van der Waals surface area contributed by atoms with E-state index in [2.05, 4.69) is 15.0 Å². The Balaban J connectivity index is 1.63. The van der Waals surface area contributed by atoms with Gasteiger partial charge in [0.05, 0.1) is 5.56 Å². The first-order valence-electron chi connectivity index (χ1n) is 8.52. The fraction of sp³-hybridized carbons (Fsp3) is 0.100. The molecule has 3 rings (SSSR count). The second-order valence-electron chi connectivity index (χ2n) is 6.00. The average Bonchev–Trinajstić information content (AvgIpc) is 2.69. The van der Waals surface area contributed by atoms with Crippen molar-refractivity contribution in [3.05, 3.63) is 77.7 Å².